The number of carbonyl (C=O) groups is 1. The standard InChI is InChI=1S/C20H24O5/c1-12(2)24-13-6-8-15(17(21)10-13)19(23)16-9-7-14(11-18(16)22)25-20(3,4)5/h6-12,21-22H,1-5H3. The highest BCUT2D eigenvalue weighted by Gasteiger charge is 2.19. The molecule has 0 aliphatic carbocycles. The first-order chi connectivity index (χ1) is 11.6. The molecule has 25 heavy (non-hydrogen) atoms. The maximum Gasteiger partial charge on any atom is 0.200 e. The highest BCUT2D eigenvalue weighted by atomic mass is 16.5. The average molecular weight is 344 g/mol. The lowest BCUT2D eigenvalue weighted by atomic mass is 10.0. The Kier molecular flexibility index (Phi) is 5.26. The van der Waals surface area contributed by atoms with Gasteiger partial charge in [0.25, 0.3) is 0 Å². The predicted octanol–water partition coefficient (Wildman–Crippen LogP) is 4.29. The van der Waals surface area contributed by atoms with Gasteiger partial charge in [-0.05, 0) is 58.9 Å². The third-order valence-corrected chi connectivity index (χ3v) is 3.22. The van der Waals surface area contributed by atoms with E-state index in [4.69, 9.17) is 9.47 Å². The van der Waals surface area contributed by atoms with Gasteiger partial charge in [0.15, 0.2) is 5.78 Å². The second-order valence-corrected chi connectivity index (χ2v) is 7.07. The quantitative estimate of drug-likeness (QED) is 0.791. The Labute approximate surface area is 147 Å². The van der Waals surface area contributed by atoms with Gasteiger partial charge in [-0.15, -0.1) is 0 Å². The van der Waals surface area contributed by atoms with Gasteiger partial charge in [0.1, 0.15) is 28.6 Å². The highest BCUT2D eigenvalue weighted by molar-refractivity contribution is 6.12. The number of phenolic OH excluding ortho intramolecular Hbond substituents is 2. The number of benzene rings is 2. The van der Waals surface area contributed by atoms with E-state index >= 15 is 0 Å². The summed E-state index contributed by atoms with van der Waals surface area (Å²) in [7, 11) is 0. The summed E-state index contributed by atoms with van der Waals surface area (Å²) in [6.07, 6.45) is -0.0413. The maximum atomic E-state index is 12.6. The molecule has 0 aliphatic heterocycles. The molecule has 0 saturated carbocycles. The molecule has 0 atom stereocenters. The van der Waals surface area contributed by atoms with Gasteiger partial charge in [0, 0.05) is 12.1 Å². The molecule has 5 heteroatoms. The van der Waals surface area contributed by atoms with Gasteiger partial charge >= 0.3 is 0 Å². The van der Waals surface area contributed by atoms with Crippen LogP contribution in [0.2, 0.25) is 0 Å². The van der Waals surface area contributed by atoms with E-state index in [9.17, 15) is 15.0 Å². The lowest BCUT2D eigenvalue weighted by Gasteiger charge is -2.21. The fraction of sp³-hybridized carbons (Fsp3) is 0.350. The van der Waals surface area contributed by atoms with Crippen LogP contribution in [0.15, 0.2) is 36.4 Å². The highest BCUT2D eigenvalue weighted by Crippen LogP contribution is 2.31. The molecule has 2 N–H and O–H groups in total. The molecular formula is C20H24O5. The Morgan fingerprint density at radius 2 is 1.40 bits per heavy atom. The van der Waals surface area contributed by atoms with Crippen LogP contribution in [-0.4, -0.2) is 27.7 Å². The first-order valence-electron chi connectivity index (χ1n) is 8.13. The van der Waals surface area contributed by atoms with Crippen molar-refractivity contribution in [3.8, 4) is 23.0 Å². The summed E-state index contributed by atoms with van der Waals surface area (Å²) >= 11 is 0. The number of carbonyl (C=O) groups excluding carboxylic acids is 1. The summed E-state index contributed by atoms with van der Waals surface area (Å²) < 4.78 is 11.1. The minimum atomic E-state index is -0.478. The Morgan fingerprint density at radius 3 is 1.84 bits per heavy atom. The molecule has 0 aliphatic rings. The van der Waals surface area contributed by atoms with Crippen molar-refractivity contribution >= 4 is 5.78 Å². The minimum Gasteiger partial charge on any atom is -0.507 e. The first-order valence-corrected chi connectivity index (χ1v) is 8.13. The number of phenols is 2. The molecule has 0 fully saturated rings. The first kappa shape index (κ1) is 18.6. The van der Waals surface area contributed by atoms with Crippen molar-refractivity contribution in [2.24, 2.45) is 0 Å². The SMILES string of the molecule is CC(C)Oc1ccc(C(=O)c2ccc(OC(C)(C)C)cc2O)c(O)c1. The van der Waals surface area contributed by atoms with Crippen LogP contribution in [0.25, 0.3) is 0 Å². The Bertz CT molecular complexity index is 772. The summed E-state index contributed by atoms with van der Waals surface area (Å²) in [5.41, 5.74) is -0.229. The number of ketones is 1. The Morgan fingerprint density at radius 1 is 0.920 bits per heavy atom. The van der Waals surface area contributed by atoms with Crippen molar-refractivity contribution in [2.45, 2.75) is 46.3 Å². The lowest BCUT2D eigenvalue weighted by molar-refractivity contribution is 0.103. The van der Waals surface area contributed by atoms with Crippen molar-refractivity contribution in [3.05, 3.63) is 47.5 Å². The Hall–Kier alpha value is -2.69. The van der Waals surface area contributed by atoms with Gasteiger partial charge in [0.2, 0.25) is 0 Å². The topological polar surface area (TPSA) is 76.0 Å². The van der Waals surface area contributed by atoms with E-state index in [1.807, 2.05) is 34.6 Å². The van der Waals surface area contributed by atoms with Crippen molar-refractivity contribution in [1.82, 2.24) is 0 Å². The molecule has 5 nitrogen and oxygen atoms in total. The van der Waals surface area contributed by atoms with E-state index < -0.39 is 11.4 Å². The van der Waals surface area contributed by atoms with Crippen LogP contribution < -0.4 is 9.47 Å². The molecule has 134 valence electrons. The molecule has 2 aromatic rings. The molecule has 0 amide bonds. The molecule has 0 heterocycles. The molecule has 0 radical (unpaired) electrons. The average Bonchev–Trinajstić information content (AvgIpc) is 2.44. The number of hydrogen-bond acceptors (Lipinski definition) is 5. The molecule has 2 rings (SSSR count). The monoisotopic (exact) mass is 344 g/mol. The van der Waals surface area contributed by atoms with Crippen LogP contribution in [0, 0.1) is 0 Å². The smallest absolute Gasteiger partial charge is 0.200 e. The van der Waals surface area contributed by atoms with Gasteiger partial charge in [-0.3, -0.25) is 4.79 Å². The summed E-state index contributed by atoms with van der Waals surface area (Å²) in [5.74, 6) is 0.0632. The number of rotatable bonds is 5. The maximum absolute atomic E-state index is 12.6. The van der Waals surface area contributed by atoms with E-state index in [2.05, 4.69) is 0 Å². The van der Waals surface area contributed by atoms with Gasteiger partial charge in [-0.25, -0.2) is 0 Å². The second kappa shape index (κ2) is 7.05. The summed E-state index contributed by atoms with van der Waals surface area (Å²) in [6, 6.07) is 8.98. The third kappa shape index (κ3) is 4.89. The van der Waals surface area contributed by atoms with Crippen molar-refractivity contribution < 1.29 is 24.5 Å². The fourth-order valence-electron chi connectivity index (χ4n) is 2.31. The van der Waals surface area contributed by atoms with Crippen molar-refractivity contribution in [2.75, 3.05) is 0 Å². The number of ether oxygens (including phenoxy) is 2. The minimum absolute atomic E-state index is 0.0413. The molecule has 0 bridgehead atoms. The molecule has 2 aromatic carbocycles. The van der Waals surface area contributed by atoms with Gasteiger partial charge in [-0.1, -0.05) is 0 Å². The zero-order valence-electron chi connectivity index (χ0n) is 15.2. The molecule has 0 saturated heterocycles. The molecule has 0 aromatic heterocycles. The largest absolute Gasteiger partial charge is 0.507 e. The number of aromatic hydroxyl groups is 2. The summed E-state index contributed by atoms with van der Waals surface area (Å²) in [6.45, 7) is 9.41. The van der Waals surface area contributed by atoms with Gasteiger partial charge in [-0.2, -0.15) is 0 Å². The van der Waals surface area contributed by atoms with E-state index in [0.29, 0.717) is 11.5 Å². The van der Waals surface area contributed by atoms with E-state index in [1.54, 1.807) is 12.1 Å². The van der Waals surface area contributed by atoms with E-state index in [1.165, 1.54) is 24.3 Å². The van der Waals surface area contributed by atoms with Gasteiger partial charge < -0.3 is 19.7 Å². The van der Waals surface area contributed by atoms with E-state index in [0.717, 1.165) is 0 Å². The van der Waals surface area contributed by atoms with Crippen molar-refractivity contribution in [1.29, 1.82) is 0 Å². The van der Waals surface area contributed by atoms with Crippen LogP contribution in [0.5, 0.6) is 23.0 Å². The van der Waals surface area contributed by atoms with Crippen LogP contribution in [-0.2, 0) is 0 Å². The van der Waals surface area contributed by atoms with Crippen molar-refractivity contribution in [3.63, 3.8) is 0 Å². The van der Waals surface area contributed by atoms with Crippen LogP contribution in [0.3, 0.4) is 0 Å². The number of hydrogen-bond donors (Lipinski definition) is 2. The normalized spacial score (nSPS) is 11.4. The van der Waals surface area contributed by atoms with Gasteiger partial charge in [0.05, 0.1) is 17.2 Å². The third-order valence-electron chi connectivity index (χ3n) is 3.22. The molecule has 0 spiro atoms. The predicted molar refractivity (Wildman–Crippen MR) is 95.8 cm³/mol. The summed E-state index contributed by atoms with van der Waals surface area (Å²) in [4.78, 5) is 12.6. The van der Waals surface area contributed by atoms with Crippen LogP contribution in [0.1, 0.15) is 50.5 Å². The lowest BCUT2D eigenvalue weighted by Crippen LogP contribution is -2.22. The van der Waals surface area contributed by atoms with Crippen LogP contribution >= 0.6 is 0 Å². The van der Waals surface area contributed by atoms with Crippen LogP contribution in [0.4, 0.5) is 0 Å². The molecular weight excluding hydrogens is 320 g/mol. The second-order valence-electron chi connectivity index (χ2n) is 7.07. The van der Waals surface area contributed by atoms with E-state index in [-0.39, 0.29) is 28.7 Å². The summed E-state index contributed by atoms with van der Waals surface area (Å²) in [5, 5.41) is 20.3. The Balaban J connectivity index is 2.28. The fourth-order valence-corrected chi connectivity index (χ4v) is 2.31. The zero-order valence-corrected chi connectivity index (χ0v) is 15.2. The zero-order chi connectivity index (χ0) is 18.8. The molecule has 0 unspecified atom stereocenters.